The van der Waals surface area contributed by atoms with Crippen LogP contribution in [0.1, 0.15) is 0 Å². The zero-order valence-corrected chi connectivity index (χ0v) is 8.72. The normalized spacial score (nSPS) is 10.4. The van der Waals surface area contributed by atoms with E-state index in [1.807, 2.05) is 12.1 Å². The predicted molar refractivity (Wildman–Crippen MR) is 57.1 cm³/mol. The maximum absolute atomic E-state index is 5.62. The van der Waals surface area contributed by atoms with Gasteiger partial charge in [0.1, 0.15) is 11.5 Å². The number of anilines is 1. The molecule has 2 aromatic rings. The first-order valence-corrected chi connectivity index (χ1v) is 4.84. The van der Waals surface area contributed by atoms with Crippen molar-refractivity contribution in [2.24, 2.45) is 0 Å². The van der Waals surface area contributed by atoms with Gasteiger partial charge in [-0.05, 0) is 0 Å². The van der Waals surface area contributed by atoms with Crippen molar-refractivity contribution in [1.82, 2.24) is 4.98 Å². The summed E-state index contributed by atoms with van der Waals surface area (Å²) in [6, 6.07) is 3.66. The number of nitrogens with two attached hydrogens (primary N) is 1. The van der Waals surface area contributed by atoms with Crippen molar-refractivity contribution in [3.05, 3.63) is 12.1 Å². The predicted octanol–water partition coefficient (Wildman–Crippen LogP) is 1.90. The molecule has 0 aliphatic heterocycles. The first kappa shape index (κ1) is 9.08. The second-order valence-corrected chi connectivity index (χ2v) is 3.76. The highest BCUT2D eigenvalue weighted by molar-refractivity contribution is 7.22. The van der Waals surface area contributed by atoms with Gasteiger partial charge in [-0.3, -0.25) is 0 Å². The van der Waals surface area contributed by atoms with Crippen molar-refractivity contribution in [1.29, 1.82) is 0 Å². The number of hydrogen-bond donors (Lipinski definition) is 1. The minimum Gasteiger partial charge on any atom is -0.497 e. The number of hydrogen-bond acceptors (Lipinski definition) is 5. The van der Waals surface area contributed by atoms with Gasteiger partial charge in [-0.15, -0.1) is 0 Å². The molecule has 74 valence electrons. The topological polar surface area (TPSA) is 57.4 Å². The highest BCUT2D eigenvalue weighted by atomic mass is 32.1. The number of benzene rings is 1. The van der Waals surface area contributed by atoms with Crippen molar-refractivity contribution in [2.45, 2.75) is 0 Å². The number of ether oxygens (including phenoxy) is 2. The van der Waals surface area contributed by atoms with Crippen LogP contribution in [0.4, 0.5) is 5.13 Å². The molecule has 5 heteroatoms. The Balaban J connectivity index is 2.72. The molecule has 1 heterocycles. The van der Waals surface area contributed by atoms with E-state index in [2.05, 4.69) is 4.98 Å². The van der Waals surface area contributed by atoms with E-state index < -0.39 is 0 Å². The highest BCUT2D eigenvalue weighted by Crippen LogP contribution is 2.35. The Morgan fingerprint density at radius 3 is 2.71 bits per heavy atom. The fourth-order valence-electron chi connectivity index (χ4n) is 1.26. The van der Waals surface area contributed by atoms with Crippen LogP contribution < -0.4 is 15.2 Å². The lowest BCUT2D eigenvalue weighted by Crippen LogP contribution is -1.87. The van der Waals surface area contributed by atoms with E-state index in [1.54, 1.807) is 14.2 Å². The average Bonchev–Trinajstić information content (AvgIpc) is 2.56. The van der Waals surface area contributed by atoms with Crippen LogP contribution in [0.2, 0.25) is 0 Å². The van der Waals surface area contributed by atoms with E-state index in [0.717, 1.165) is 21.7 Å². The van der Waals surface area contributed by atoms with Gasteiger partial charge in [0.25, 0.3) is 0 Å². The molecule has 0 unspecified atom stereocenters. The second kappa shape index (κ2) is 3.34. The molecule has 1 aromatic carbocycles. The van der Waals surface area contributed by atoms with Crippen molar-refractivity contribution < 1.29 is 9.47 Å². The van der Waals surface area contributed by atoms with Gasteiger partial charge in [0.2, 0.25) is 0 Å². The summed E-state index contributed by atoms with van der Waals surface area (Å²) in [7, 11) is 3.22. The van der Waals surface area contributed by atoms with Crippen LogP contribution in [0.15, 0.2) is 12.1 Å². The lowest BCUT2D eigenvalue weighted by atomic mass is 10.3. The van der Waals surface area contributed by atoms with Crippen LogP contribution in [0, 0.1) is 0 Å². The molecule has 4 nitrogen and oxygen atoms in total. The van der Waals surface area contributed by atoms with Crippen LogP contribution in [0.5, 0.6) is 11.5 Å². The molecule has 0 saturated heterocycles. The lowest BCUT2D eigenvalue weighted by molar-refractivity contribution is 0.398. The molecule has 0 bridgehead atoms. The van der Waals surface area contributed by atoms with Crippen LogP contribution in [0.25, 0.3) is 10.2 Å². The summed E-state index contributed by atoms with van der Waals surface area (Å²) < 4.78 is 11.3. The molecule has 0 spiro atoms. The highest BCUT2D eigenvalue weighted by Gasteiger charge is 2.09. The molecular formula is C9H10N2O2S. The maximum Gasteiger partial charge on any atom is 0.181 e. The van der Waals surface area contributed by atoms with Crippen LogP contribution >= 0.6 is 11.3 Å². The van der Waals surface area contributed by atoms with Crippen LogP contribution in [-0.4, -0.2) is 19.2 Å². The van der Waals surface area contributed by atoms with Crippen LogP contribution in [0.3, 0.4) is 0 Å². The molecule has 2 rings (SSSR count). The van der Waals surface area contributed by atoms with Crippen molar-refractivity contribution in [3.8, 4) is 11.5 Å². The molecule has 2 N–H and O–H groups in total. The van der Waals surface area contributed by atoms with Crippen molar-refractivity contribution in [3.63, 3.8) is 0 Å². The summed E-state index contributed by atoms with van der Waals surface area (Å²) in [6.07, 6.45) is 0. The molecule has 0 atom stereocenters. The lowest BCUT2D eigenvalue weighted by Gasteiger charge is -2.03. The minimum atomic E-state index is 0.534. The summed E-state index contributed by atoms with van der Waals surface area (Å²) in [4.78, 5) is 4.17. The van der Waals surface area contributed by atoms with Gasteiger partial charge in [0.05, 0.1) is 24.4 Å². The molecule has 1 aromatic heterocycles. The Labute approximate surface area is 85.3 Å². The standard InChI is InChI=1S/C9H10N2O2S/c1-12-5-3-6-8(7(4-5)13-2)14-9(10)11-6/h3-4H,1-2H3,(H2,10,11). The molecule has 14 heavy (non-hydrogen) atoms. The number of thiazole rings is 1. The Hall–Kier alpha value is -1.49. The fourth-order valence-corrected chi connectivity index (χ4v) is 2.07. The SMILES string of the molecule is COc1cc(OC)c2sc(N)nc2c1. The van der Waals surface area contributed by atoms with Crippen LogP contribution in [-0.2, 0) is 0 Å². The molecule has 0 aliphatic rings. The Morgan fingerprint density at radius 2 is 2.07 bits per heavy atom. The smallest absolute Gasteiger partial charge is 0.181 e. The number of rotatable bonds is 2. The first-order valence-electron chi connectivity index (χ1n) is 4.02. The minimum absolute atomic E-state index is 0.534. The molecule has 0 radical (unpaired) electrons. The summed E-state index contributed by atoms with van der Waals surface area (Å²) in [5, 5.41) is 0.534. The quantitative estimate of drug-likeness (QED) is 0.822. The average molecular weight is 210 g/mol. The summed E-state index contributed by atoms with van der Waals surface area (Å²) in [6.45, 7) is 0. The van der Waals surface area contributed by atoms with E-state index >= 15 is 0 Å². The molecule has 0 saturated carbocycles. The van der Waals surface area contributed by atoms with Crippen molar-refractivity contribution >= 4 is 26.7 Å². The van der Waals surface area contributed by atoms with E-state index in [4.69, 9.17) is 15.2 Å². The summed E-state index contributed by atoms with van der Waals surface area (Å²) in [5.74, 6) is 1.47. The zero-order valence-electron chi connectivity index (χ0n) is 7.90. The van der Waals surface area contributed by atoms with Gasteiger partial charge >= 0.3 is 0 Å². The van der Waals surface area contributed by atoms with Gasteiger partial charge in [-0.2, -0.15) is 0 Å². The van der Waals surface area contributed by atoms with E-state index in [1.165, 1.54) is 11.3 Å². The van der Waals surface area contributed by atoms with Gasteiger partial charge in [-0.25, -0.2) is 4.98 Å². The fraction of sp³-hybridized carbons (Fsp3) is 0.222. The third-order valence-electron chi connectivity index (χ3n) is 1.90. The van der Waals surface area contributed by atoms with E-state index in [-0.39, 0.29) is 0 Å². The Bertz CT molecular complexity index is 467. The number of methoxy groups -OCH3 is 2. The van der Waals surface area contributed by atoms with Gasteiger partial charge in [-0.1, -0.05) is 11.3 Å². The molecular weight excluding hydrogens is 200 g/mol. The maximum atomic E-state index is 5.62. The molecule has 0 amide bonds. The summed E-state index contributed by atoms with van der Waals surface area (Å²) >= 11 is 1.41. The summed E-state index contributed by atoms with van der Waals surface area (Å²) in [5.41, 5.74) is 6.43. The third-order valence-corrected chi connectivity index (χ3v) is 2.82. The van der Waals surface area contributed by atoms with Gasteiger partial charge < -0.3 is 15.2 Å². The third kappa shape index (κ3) is 1.35. The van der Waals surface area contributed by atoms with E-state index in [0.29, 0.717) is 5.13 Å². The van der Waals surface area contributed by atoms with Crippen molar-refractivity contribution in [2.75, 3.05) is 20.0 Å². The second-order valence-electron chi connectivity index (χ2n) is 2.73. The number of aromatic nitrogens is 1. The molecule has 0 fully saturated rings. The molecule has 0 aliphatic carbocycles. The largest absolute Gasteiger partial charge is 0.497 e. The first-order chi connectivity index (χ1) is 6.74. The zero-order chi connectivity index (χ0) is 10.1. The van der Waals surface area contributed by atoms with Gasteiger partial charge in [0.15, 0.2) is 5.13 Å². The van der Waals surface area contributed by atoms with E-state index in [9.17, 15) is 0 Å². The van der Waals surface area contributed by atoms with Gasteiger partial charge in [0, 0.05) is 12.1 Å². The monoisotopic (exact) mass is 210 g/mol. The Kier molecular flexibility index (Phi) is 2.17. The Morgan fingerprint density at radius 1 is 1.29 bits per heavy atom. The number of nitrogen functional groups attached to an aromatic ring is 1. The number of nitrogens with zero attached hydrogens (tertiary/aromatic N) is 1. The number of fused-ring (bicyclic) bond motifs is 1.